The molecule has 0 aliphatic heterocycles. The first kappa shape index (κ1) is 14.4. The molecule has 1 aromatic carbocycles. The zero-order valence-electron chi connectivity index (χ0n) is 11.3. The van der Waals surface area contributed by atoms with Gasteiger partial charge in [-0.25, -0.2) is 0 Å². The fourth-order valence-electron chi connectivity index (χ4n) is 2.20. The monoisotopic (exact) mass is 295 g/mol. The van der Waals surface area contributed by atoms with Crippen molar-refractivity contribution in [2.24, 2.45) is 0 Å². The summed E-state index contributed by atoms with van der Waals surface area (Å²) in [6, 6.07) is 5.52. The Morgan fingerprint density at radius 3 is 2.53 bits per heavy atom. The van der Waals surface area contributed by atoms with Crippen molar-refractivity contribution in [2.45, 2.75) is 26.7 Å². The molecule has 0 aliphatic rings. The molecule has 19 heavy (non-hydrogen) atoms. The highest BCUT2D eigenvalue weighted by Gasteiger charge is 2.11. The summed E-state index contributed by atoms with van der Waals surface area (Å²) in [6.07, 6.45) is 2.08. The lowest BCUT2D eigenvalue weighted by Crippen LogP contribution is -2.29. The Hall–Kier alpha value is -1.06. The average Bonchev–Trinajstić information content (AvgIpc) is 2.40. The van der Waals surface area contributed by atoms with Gasteiger partial charge in [-0.3, -0.25) is 4.79 Å². The van der Waals surface area contributed by atoms with E-state index in [1.807, 2.05) is 17.5 Å². The van der Waals surface area contributed by atoms with Crippen molar-refractivity contribution < 1.29 is 0 Å². The van der Waals surface area contributed by atoms with Crippen LogP contribution in [0.1, 0.15) is 26.7 Å². The maximum absolute atomic E-state index is 12.6. The van der Waals surface area contributed by atoms with Gasteiger partial charge in [-0.05, 0) is 31.0 Å². The van der Waals surface area contributed by atoms with Crippen LogP contribution in [0.3, 0.4) is 0 Å². The van der Waals surface area contributed by atoms with E-state index in [9.17, 15) is 4.79 Å². The van der Waals surface area contributed by atoms with Crippen molar-refractivity contribution in [1.82, 2.24) is 0 Å². The van der Waals surface area contributed by atoms with Crippen molar-refractivity contribution in [3.63, 3.8) is 0 Å². The van der Waals surface area contributed by atoms with Gasteiger partial charge in [0, 0.05) is 33.6 Å². The Bertz CT molecular complexity index is 617. The van der Waals surface area contributed by atoms with Crippen LogP contribution in [0.15, 0.2) is 28.4 Å². The van der Waals surface area contributed by atoms with Crippen LogP contribution < -0.4 is 10.3 Å². The van der Waals surface area contributed by atoms with E-state index in [0.29, 0.717) is 5.02 Å². The standard InChI is InChI=1S/C15H18ClNOS/c1-3-7-17(8-4-2)13-10-19-14-6-5-11(16)9-12(14)15(13)18/h5-6,9-10H,3-4,7-8H2,1-2H3. The third-order valence-corrected chi connectivity index (χ3v) is 4.23. The van der Waals surface area contributed by atoms with Gasteiger partial charge in [0.2, 0.25) is 5.43 Å². The van der Waals surface area contributed by atoms with Gasteiger partial charge in [-0.1, -0.05) is 25.4 Å². The second-order valence-corrected chi connectivity index (χ2v) is 5.93. The number of halogens is 1. The molecule has 1 aromatic heterocycles. The number of hydrogen-bond acceptors (Lipinski definition) is 3. The van der Waals surface area contributed by atoms with Crippen LogP contribution in [0.25, 0.3) is 10.1 Å². The normalized spacial score (nSPS) is 10.9. The van der Waals surface area contributed by atoms with Gasteiger partial charge in [0.15, 0.2) is 0 Å². The van der Waals surface area contributed by atoms with E-state index < -0.39 is 0 Å². The molecule has 0 N–H and O–H groups in total. The molecule has 0 radical (unpaired) electrons. The third-order valence-electron chi connectivity index (χ3n) is 3.04. The second kappa shape index (κ2) is 6.40. The maximum Gasteiger partial charge on any atom is 0.211 e. The van der Waals surface area contributed by atoms with Crippen molar-refractivity contribution in [3.05, 3.63) is 38.8 Å². The van der Waals surface area contributed by atoms with E-state index in [-0.39, 0.29) is 5.43 Å². The Balaban J connectivity index is 2.54. The van der Waals surface area contributed by atoms with Crippen molar-refractivity contribution in [3.8, 4) is 0 Å². The van der Waals surface area contributed by atoms with E-state index in [2.05, 4.69) is 18.7 Å². The largest absolute Gasteiger partial charge is 0.368 e. The van der Waals surface area contributed by atoms with Crippen LogP contribution in [0.4, 0.5) is 5.69 Å². The molecular formula is C15H18ClNOS. The van der Waals surface area contributed by atoms with Crippen LogP contribution in [0, 0.1) is 0 Å². The number of nitrogens with zero attached hydrogens (tertiary/aromatic N) is 1. The zero-order chi connectivity index (χ0) is 13.8. The molecule has 102 valence electrons. The fourth-order valence-corrected chi connectivity index (χ4v) is 3.30. The van der Waals surface area contributed by atoms with E-state index in [1.54, 1.807) is 17.4 Å². The lowest BCUT2D eigenvalue weighted by molar-refractivity contribution is 0.744. The molecule has 4 heteroatoms. The van der Waals surface area contributed by atoms with Crippen molar-refractivity contribution in [2.75, 3.05) is 18.0 Å². The summed E-state index contributed by atoms with van der Waals surface area (Å²) in [7, 11) is 0. The molecule has 0 aliphatic carbocycles. The molecule has 0 amide bonds. The highest BCUT2D eigenvalue weighted by molar-refractivity contribution is 7.16. The number of hydrogen-bond donors (Lipinski definition) is 0. The first-order chi connectivity index (χ1) is 9.17. The van der Waals surface area contributed by atoms with Crippen molar-refractivity contribution in [1.29, 1.82) is 0 Å². The predicted octanol–water partition coefficient (Wildman–Crippen LogP) is 4.54. The van der Waals surface area contributed by atoms with Crippen LogP contribution in [0.5, 0.6) is 0 Å². The minimum atomic E-state index is 0.0955. The van der Waals surface area contributed by atoms with Crippen LogP contribution in [-0.4, -0.2) is 13.1 Å². The van der Waals surface area contributed by atoms with Crippen LogP contribution in [-0.2, 0) is 0 Å². The molecule has 0 atom stereocenters. The first-order valence-electron chi connectivity index (χ1n) is 6.63. The summed E-state index contributed by atoms with van der Waals surface area (Å²) in [4.78, 5) is 14.8. The molecule has 0 unspecified atom stereocenters. The summed E-state index contributed by atoms with van der Waals surface area (Å²) in [5, 5.41) is 3.32. The minimum Gasteiger partial charge on any atom is -0.368 e. The van der Waals surface area contributed by atoms with E-state index in [0.717, 1.165) is 41.7 Å². The summed E-state index contributed by atoms with van der Waals surface area (Å²) >= 11 is 7.60. The van der Waals surface area contributed by atoms with Gasteiger partial charge in [-0.2, -0.15) is 0 Å². The molecule has 0 saturated heterocycles. The quantitative estimate of drug-likeness (QED) is 0.807. The molecule has 0 saturated carbocycles. The Kier molecular flexibility index (Phi) is 4.83. The molecule has 2 aromatic rings. The first-order valence-corrected chi connectivity index (χ1v) is 7.89. The van der Waals surface area contributed by atoms with Gasteiger partial charge in [0.05, 0.1) is 5.69 Å². The SMILES string of the molecule is CCCN(CCC)c1csc2ccc(Cl)cc2c1=O. The maximum atomic E-state index is 12.6. The molecular weight excluding hydrogens is 278 g/mol. The molecule has 0 fully saturated rings. The summed E-state index contributed by atoms with van der Waals surface area (Å²) in [5.41, 5.74) is 0.904. The molecule has 0 spiro atoms. The molecule has 2 nitrogen and oxygen atoms in total. The second-order valence-electron chi connectivity index (χ2n) is 4.58. The lowest BCUT2D eigenvalue weighted by Gasteiger charge is -2.22. The van der Waals surface area contributed by atoms with Gasteiger partial charge in [0.25, 0.3) is 0 Å². The summed E-state index contributed by atoms with van der Waals surface area (Å²) < 4.78 is 0.992. The Morgan fingerprint density at radius 2 is 1.89 bits per heavy atom. The van der Waals surface area contributed by atoms with Crippen LogP contribution in [0.2, 0.25) is 5.02 Å². The summed E-state index contributed by atoms with van der Waals surface area (Å²) in [5.74, 6) is 0. The third kappa shape index (κ3) is 3.10. The van der Waals surface area contributed by atoms with Gasteiger partial charge >= 0.3 is 0 Å². The fraction of sp³-hybridized carbons (Fsp3) is 0.400. The molecule has 1 heterocycles. The zero-order valence-corrected chi connectivity index (χ0v) is 12.9. The number of rotatable bonds is 5. The summed E-state index contributed by atoms with van der Waals surface area (Å²) in [6.45, 7) is 6.10. The van der Waals surface area contributed by atoms with E-state index >= 15 is 0 Å². The topological polar surface area (TPSA) is 20.3 Å². The Labute approximate surface area is 122 Å². The minimum absolute atomic E-state index is 0.0955. The average molecular weight is 296 g/mol. The van der Waals surface area contributed by atoms with E-state index in [1.165, 1.54) is 0 Å². The highest BCUT2D eigenvalue weighted by atomic mass is 35.5. The number of anilines is 1. The number of benzene rings is 1. The predicted molar refractivity (Wildman–Crippen MR) is 85.9 cm³/mol. The van der Waals surface area contributed by atoms with E-state index in [4.69, 9.17) is 11.6 Å². The van der Waals surface area contributed by atoms with Gasteiger partial charge in [0.1, 0.15) is 0 Å². The van der Waals surface area contributed by atoms with Crippen LogP contribution >= 0.6 is 22.9 Å². The molecule has 2 rings (SSSR count). The van der Waals surface area contributed by atoms with Gasteiger partial charge < -0.3 is 4.90 Å². The highest BCUT2D eigenvalue weighted by Crippen LogP contribution is 2.24. The van der Waals surface area contributed by atoms with Crippen molar-refractivity contribution >= 4 is 38.7 Å². The lowest BCUT2D eigenvalue weighted by atomic mass is 10.2. The smallest absolute Gasteiger partial charge is 0.211 e. The Morgan fingerprint density at radius 1 is 1.21 bits per heavy atom. The number of fused-ring (bicyclic) bond motifs is 1. The molecule has 0 bridgehead atoms. The van der Waals surface area contributed by atoms with Gasteiger partial charge in [-0.15, -0.1) is 11.3 Å².